The Hall–Kier alpha value is -1.78. The molecule has 1 heterocycles. The Kier molecular flexibility index (Phi) is 3.51. The van der Waals surface area contributed by atoms with Gasteiger partial charge < -0.3 is 9.73 Å². The van der Waals surface area contributed by atoms with Crippen LogP contribution in [0, 0.1) is 0 Å². The van der Waals surface area contributed by atoms with Crippen LogP contribution >= 0.6 is 27.5 Å². The molecule has 0 bridgehead atoms. The zero-order valence-corrected chi connectivity index (χ0v) is 12.5. The fraction of sp³-hybridized carbons (Fsp3) is 0. The molecule has 1 amide bonds. The lowest BCUT2D eigenvalue weighted by molar-refractivity contribution is 0.0998. The second-order valence-electron chi connectivity index (χ2n) is 4.23. The molecule has 0 saturated heterocycles. The summed E-state index contributed by atoms with van der Waals surface area (Å²) >= 11 is 9.22. The molecule has 5 heteroatoms. The number of furan rings is 1. The van der Waals surface area contributed by atoms with Crippen molar-refractivity contribution >= 4 is 50.1 Å². The van der Waals surface area contributed by atoms with Crippen molar-refractivity contribution in [3.63, 3.8) is 0 Å². The number of hydrogen-bond donors (Lipinski definition) is 1. The Balaban J connectivity index is 1.86. The first-order valence-electron chi connectivity index (χ1n) is 5.88. The minimum Gasteiger partial charge on any atom is -0.451 e. The van der Waals surface area contributed by atoms with Gasteiger partial charge >= 0.3 is 0 Å². The summed E-state index contributed by atoms with van der Waals surface area (Å²) in [6, 6.07) is 14.4. The molecule has 3 aromatic rings. The summed E-state index contributed by atoms with van der Waals surface area (Å²) in [7, 11) is 0. The predicted octanol–water partition coefficient (Wildman–Crippen LogP) is 5.10. The highest BCUT2D eigenvalue weighted by molar-refractivity contribution is 9.10. The molecular weight excluding hydrogens is 342 g/mol. The lowest BCUT2D eigenvalue weighted by Gasteiger charge is -2.04. The van der Waals surface area contributed by atoms with Crippen LogP contribution < -0.4 is 5.32 Å². The Morgan fingerprint density at radius 1 is 1.15 bits per heavy atom. The molecule has 0 aliphatic rings. The summed E-state index contributed by atoms with van der Waals surface area (Å²) in [4.78, 5) is 12.1. The van der Waals surface area contributed by atoms with Crippen molar-refractivity contribution in [2.75, 3.05) is 5.32 Å². The Morgan fingerprint density at radius 2 is 1.95 bits per heavy atom. The highest BCUT2D eigenvalue weighted by Gasteiger charge is 2.12. The summed E-state index contributed by atoms with van der Waals surface area (Å²) in [6.07, 6.45) is 0. The SMILES string of the molecule is O=C(Nc1ccc(Cl)c(Br)c1)c1cc2ccccc2o1. The zero-order valence-electron chi connectivity index (χ0n) is 10.2. The van der Waals surface area contributed by atoms with Gasteiger partial charge in [-0.25, -0.2) is 0 Å². The van der Waals surface area contributed by atoms with Crippen molar-refractivity contribution in [1.29, 1.82) is 0 Å². The fourth-order valence-electron chi connectivity index (χ4n) is 1.86. The third-order valence-corrected chi connectivity index (χ3v) is 4.04. The smallest absolute Gasteiger partial charge is 0.291 e. The standard InChI is InChI=1S/C15H9BrClNO2/c16-11-8-10(5-6-12(11)17)18-15(19)14-7-9-3-1-2-4-13(9)20-14/h1-8H,(H,18,19). The maximum atomic E-state index is 12.1. The van der Waals surface area contributed by atoms with Gasteiger partial charge in [-0.05, 0) is 46.3 Å². The number of para-hydroxylation sites is 1. The largest absolute Gasteiger partial charge is 0.451 e. The van der Waals surface area contributed by atoms with Crippen LogP contribution in [0.5, 0.6) is 0 Å². The summed E-state index contributed by atoms with van der Waals surface area (Å²) in [6.45, 7) is 0. The molecule has 0 atom stereocenters. The second kappa shape index (κ2) is 5.31. The van der Waals surface area contributed by atoms with E-state index in [0.29, 0.717) is 16.3 Å². The van der Waals surface area contributed by atoms with E-state index < -0.39 is 0 Å². The first-order chi connectivity index (χ1) is 9.63. The number of hydrogen-bond acceptors (Lipinski definition) is 2. The van der Waals surface area contributed by atoms with E-state index >= 15 is 0 Å². The minimum absolute atomic E-state index is 0.275. The number of carbonyl (C=O) groups excluding carboxylic acids is 1. The zero-order chi connectivity index (χ0) is 14.1. The van der Waals surface area contributed by atoms with Crippen LogP contribution in [0.1, 0.15) is 10.6 Å². The van der Waals surface area contributed by atoms with Gasteiger partial charge in [-0.15, -0.1) is 0 Å². The van der Waals surface area contributed by atoms with Gasteiger partial charge in [0.1, 0.15) is 5.58 Å². The van der Waals surface area contributed by atoms with E-state index in [1.807, 2.05) is 24.3 Å². The average Bonchev–Trinajstić information content (AvgIpc) is 2.87. The van der Waals surface area contributed by atoms with E-state index in [9.17, 15) is 4.79 Å². The van der Waals surface area contributed by atoms with Crippen molar-refractivity contribution in [2.24, 2.45) is 0 Å². The van der Waals surface area contributed by atoms with Crippen LogP contribution in [0.2, 0.25) is 5.02 Å². The van der Waals surface area contributed by atoms with Crippen LogP contribution in [0.3, 0.4) is 0 Å². The maximum absolute atomic E-state index is 12.1. The third kappa shape index (κ3) is 2.57. The van der Waals surface area contributed by atoms with Crippen molar-refractivity contribution in [3.05, 3.63) is 63.8 Å². The monoisotopic (exact) mass is 349 g/mol. The fourth-order valence-corrected chi connectivity index (χ4v) is 2.36. The number of rotatable bonds is 2. The van der Waals surface area contributed by atoms with Gasteiger partial charge in [-0.2, -0.15) is 0 Å². The number of fused-ring (bicyclic) bond motifs is 1. The van der Waals surface area contributed by atoms with Crippen LogP contribution in [-0.2, 0) is 0 Å². The lowest BCUT2D eigenvalue weighted by Crippen LogP contribution is -2.10. The van der Waals surface area contributed by atoms with Crippen LogP contribution in [0.15, 0.2) is 57.4 Å². The normalized spacial score (nSPS) is 10.7. The highest BCUT2D eigenvalue weighted by Crippen LogP contribution is 2.26. The van der Waals surface area contributed by atoms with Gasteiger partial charge in [0.15, 0.2) is 5.76 Å². The highest BCUT2D eigenvalue weighted by atomic mass is 79.9. The topological polar surface area (TPSA) is 42.2 Å². The summed E-state index contributed by atoms with van der Waals surface area (Å²) in [5.74, 6) is -0.0207. The number of halogens is 2. The van der Waals surface area contributed by atoms with Gasteiger partial charge in [-0.1, -0.05) is 29.8 Å². The van der Waals surface area contributed by atoms with Crippen molar-refractivity contribution in [3.8, 4) is 0 Å². The van der Waals surface area contributed by atoms with Crippen molar-refractivity contribution < 1.29 is 9.21 Å². The maximum Gasteiger partial charge on any atom is 0.291 e. The van der Waals surface area contributed by atoms with E-state index in [-0.39, 0.29) is 11.7 Å². The summed E-state index contributed by atoms with van der Waals surface area (Å²) in [5, 5.41) is 4.25. The van der Waals surface area contributed by atoms with E-state index in [1.165, 1.54) is 0 Å². The van der Waals surface area contributed by atoms with Gasteiger partial charge in [0.2, 0.25) is 0 Å². The number of anilines is 1. The third-order valence-electron chi connectivity index (χ3n) is 2.83. The Bertz CT molecular complexity index is 764. The van der Waals surface area contributed by atoms with Gasteiger partial charge in [0.25, 0.3) is 5.91 Å². The molecule has 0 saturated carbocycles. The Morgan fingerprint density at radius 3 is 2.70 bits per heavy atom. The van der Waals surface area contributed by atoms with E-state index in [4.69, 9.17) is 16.0 Å². The minimum atomic E-state index is -0.296. The molecule has 0 unspecified atom stereocenters. The molecule has 1 N–H and O–H groups in total. The molecule has 0 fully saturated rings. The lowest BCUT2D eigenvalue weighted by atomic mass is 10.2. The van der Waals surface area contributed by atoms with Crippen LogP contribution in [0.4, 0.5) is 5.69 Å². The number of benzene rings is 2. The van der Waals surface area contributed by atoms with Crippen LogP contribution in [-0.4, -0.2) is 5.91 Å². The molecule has 100 valence electrons. The van der Waals surface area contributed by atoms with Gasteiger partial charge in [-0.3, -0.25) is 4.79 Å². The quantitative estimate of drug-likeness (QED) is 0.698. The van der Waals surface area contributed by atoms with Crippen molar-refractivity contribution in [2.45, 2.75) is 0 Å². The van der Waals surface area contributed by atoms with E-state index in [2.05, 4.69) is 21.2 Å². The molecule has 2 aromatic carbocycles. The average molecular weight is 351 g/mol. The molecule has 0 aliphatic heterocycles. The second-order valence-corrected chi connectivity index (χ2v) is 5.49. The molecule has 0 aliphatic carbocycles. The molecule has 0 spiro atoms. The van der Waals surface area contributed by atoms with E-state index in [0.717, 1.165) is 9.86 Å². The number of nitrogens with one attached hydrogen (secondary N) is 1. The van der Waals surface area contributed by atoms with Crippen molar-refractivity contribution in [1.82, 2.24) is 0 Å². The molecule has 3 rings (SSSR count). The van der Waals surface area contributed by atoms with Gasteiger partial charge in [0, 0.05) is 15.5 Å². The van der Waals surface area contributed by atoms with Gasteiger partial charge in [0.05, 0.1) is 5.02 Å². The summed E-state index contributed by atoms with van der Waals surface area (Å²) in [5.41, 5.74) is 1.33. The summed E-state index contributed by atoms with van der Waals surface area (Å²) < 4.78 is 6.23. The predicted molar refractivity (Wildman–Crippen MR) is 83.3 cm³/mol. The Labute approximate surface area is 128 Å². The first kappa shape index (κ1) is 13.2. The van der Waals surface area contributed by atoms with Crippen LogP contribution in [0.25, 0.3) is 11.0 Å². The molecule has 20 heavy (non-hydrogen) atoms. The molecule has 3 nitrogen and oxygen atoms in total. The number of carbonyl (C=O) groups is 1. The molecular formula is C15H9BrClNO2. The molecule has 1 aromatic heterocycles. The molecule has 0 radical (unpaired) electrons. The first-order valence-corrected chi connectivity index (χ1v) is 7.05. The van der Waals surface area contributed by atoms with E-state index in [1.54, 1.807) is 24.3 Å². The number of amides is 1.